The summed E-state index contributed by atoms with van der Waals surface area (Å²) in [7, 11) is -2.94. The molecule has 0 unspecified atom stereocenters. The molecule has 5 aromatic rings. The van der Waals surface area contributed by atoms with Crippen LogP contribution in [-0.4, -0.2) is 26.1 Å². The molecule has 0 aliphatic carbocycles. The van der Waals surface area contributed by atoms with Crippen LogP contribution in [0.2, 0.25) is 39.3 Å². The SMILES string of the molecule is Cc1c([Si](C)(C)C)ccc2c1sc1c(-c3cc([Si](C)(C)C)c4ccccc4c3)ncnc12. The number of hydrogen-bond acceptors (Lipinski definition) is 3. The van der Waals surface area contributed by atoms with Crippen LogP contribution in [0.1, 0.15) is 5.56 Å². The molecule has 0 aliphatic heterocycles. The van der Waals surface area contributed by atoms with E-state index >= 15 is 0 Å². The second kappa shape index (κ2) is 7.34. The van der Waals surface area contributed by atoms with Gasteiger partial charge in [0.2, 0.25) is 0 Å². The molecular formula is C27H30N2SSi2. The summed E-state index contributed by atoms with van der Waals surface area (Å²) in [5.74, 6) is 0. The van der Waals surface area contributed by atoms with Crippen molar-refractivity contribution in [3.63, 3.8) is 0 Å². The van der Waals surface area contributed by atoms with Gasteiger partial charge in [-0.3, -0.25) is 0 Å². The molecule has 32 heavy (non-hydrogen) atoms. The van der Waals surface area contributed by atoms with Crippen LogP contribution in [0.25, 0.3) is 42.3 Å². The average Bonchev–Trinajstić information content (AvgIpc) is 3.11. The molecule has 2 nitrogen and oxygen atoms in total. The highest BCUT2D eigenvalue weighted by atomic mass is 32.1. The summed E-state index contributed by atoms with van der Waals surface area (Å²) in [5, 5.41) is 6.98. The second-order valence-electron chi connectivity index (χ2n) is 10.9. The first-order chi connectivity index (χ1) is 15.1. The Morgan fingerprint density at radius 3 is 2.16 bits per heavy atom. The molecule has 0 saturated carbocycles. The van der Waals surface area contributed by atoms with E-state index in [0.717, 1.165) is 11.2 Å². The quantitative estimate of drug-likeness (QED) is 0.264. The molecule has 0 fully saturated rings. The smallest absolute Gasteiger partial charge is 0.116 e. The Kier molecular flexibility index (Phi) is 4.93. The van der Waals surface area contributed by atoms with Crippen LogP contribution in [0, 0.1) is 6.92 Å². The van der Waals surface area contributed by atoms with Gasteiger partial charge in [0, 0.05) is 15.6 Å². The summed E-state index contributed by atoms with van der Waals surface area (Å²) in [6.07, 6.45) is 1.75. The van der Waals surface area contributed by atoms with Crippen molar-refractivity contribution < 1.29 is 0 Å². The maximum Gasteiger partial charge on any atom is 0.116 e. The Morgan fingerprint density at radius 1 is 0.719 bits per heavy atom. The number of thiophene rings is 1. The molecule has 0 saturated heterocycles. The lowest BCUT2D eigenvalue weighted by molar-refractivity contribution is 1.24. The van der Waals surface area contributed by atoms with Crippen molar-refractivity contribution >= 4 is 68.9 Å². The van der Waals surface area contributed by atoms with E-state index in [-0.39, 0.29) is 0 Å². The minimum Gasteiger partial charge on any atom is -0.235 e. The largest absolute Gasteiger partial charge is 0.235 e. The molecular weight excluding hydrogens is 441 g/mol. The number of hydrogen-bond donors (Lipinski definition) is 0. The van der Waals surface area contributed by atoms with Gasteiger partial charge in [0.15, 0.2) is 0 Å². The lowest BCUT2D eigenvalue weighted by Gasteiger charge is -2.21. The van der Waals surface area contributed by atoms with Crippen molar-refractivity contribution in [3.8, 4) is 11.3 Å². The predicted octanol–water partition coefficient (Wildman–Crippen LogP) is 7.06. The first-order valence-electron chi connectivity index (χ1n) is 11.3. The van der Waals surface area contributed by atoms with Crippen molar-refractivity contribution in [3.05, 3.63) is 60.4 Å². The Hall–Kier alpha value is -2.35. The standard InChI is InChI=1S/C27H30N2SSi2/c1-17-22(31(2,3)4)13-12-21-25-27(30-26(17)21)24(28-16-29-25)19-14-18-10-8-9-11-20(18)23(15-19)32(5,6)7/h8-16H,1-7H3. The zero-order chi connectivity index (χ0) is 22.8. The van der Waals surface area contributed by atoms with E-state index in [0.29, 0.717) is 0 Å². The summed E-state index contributed by atoms with van der Waals surface area (Å²) < 4.78 is 2.57. The normalized spacial score (nSPS) is 12.8. The van der Waals surface area contributed by atoms with E-state index in [2.05, 4.69) is 94.7 Å². The van der Waals surface area contributed by atoms with Gasteiger partial charge in [-0.1, -0.05) is 92.1 Å². The first-order valence-corrected chi connectivity index (χ1v) is 19.1. The van der Waals surface area contributed by atoms with Crippen LogP contribution < -0.4 is 10.4 Å². The van der Waals surface area contributed by atoms with Gasteiger partial charge in [-0.05, 0) is 29.3 Å². The highest BCUT2D eigenvalue weighted by Gasteiger charge is 2.24. The molecule has 162 valence electrons. The molecule has 3 aromatic carbocycles. The molecule has 0 amide bonds. The van der Waals surface area contributed by atoms with E-state index < -0.39 is 16.1 Å². The topological polar surface area (TPSA) is 25.8 Å². The number of benzene rings is 3. The molecule has 5 rings (SSSR count). The number of aromatic nitrogens is 2. The van der Waals surface area contributed by atoms with E-state index in [1.54, 1.807) is 6.33 Å². The van der Waals surface area contributed by atoms with E-state index in [1.807, 2.05) is 11.3 Å². The molecule has 0 spiro atoms. The van der Waals surface area contributed by atoms with E-state index in [9.17, 15) is 0 Å². The monoisotopic (exact) mass is 470 g/mol. The van der Waals surface area contributed by atoms with Crippen molar-refractivity contribution in [1.82, 2.24) is 9.97 Å². The van der Waals surface area contributed by atoms with Gasteiger partial charge in [0.25, 0.3) is 0 Å². The fourth-order valence-electron chi connectivity index (χ4n) is 4.86. The summed E-state index contributed by atoms with van der Waals surface area (Å²) in [6, 6.07) is 18.1. The fourth-order valence-corrected chi connectivity index (χ4v) is 9.68. The lowest BCUT2D eigenvalue weighted by Crippen LogP contribution is -2.39. The third-order valence-electron chi connectivity index (χ3n) is 6.42. The maximum absolute atomic E-state index is 4.83. The fraction of sp³-hybridized carbons (Fsp3) is 0.259. The zero-order valence-corrected chi connectivity index (χ0v) is 22.8. The van der Waals surface area contributed by atoms with Gasteiger partial charge in [0.1, 0.15) is 6.33 Å². The lowest BCUT2D eigenvalue weighted by atomic mass is 10.0. The average molecular weight is 471 g/mol. The number of nitrogens with zero attached hydrogens (tertiary/aromatic N) is 2. The predicted molar refractivity (Wildman–Crippen MR) is 149 cm³/mol. The molecule has 0 aliphatic rings. The zero-order valence-electron chi connectivity index (χ0n) is 20.0. The summed E-state index contributed by atoms with van der Waals surface area (Å²) in [6.45, 7) is 16.8. The van der Waals surface area contributed by atoms with Crippen molar-refractivity contribution in [1.29, 1.82) is 0 Å². The molecule has 0 N–H and O–H groups in total. The van der Waals surface area contributed by atoms with E-state index in [4.69, 9.17) is 9.97 Å². The minimum atomic E-state index is -1.53. The van der Waals surface area contributed by atoms with Crippen LogP contribution >= 0.6 is 11.3 Å². The summed E-state index contributed by atoms with van der Waals surface area (Å²) >= 11 is 1.87. The third kappa shape index (κ3) is 3.43. The van der Waals surface area contributed by atoms with Gasteiger partial charge in [-0.2, -0.15) is 0 Å². The number of fused-ring (bicyclic) bond motifs is 4. The summed E-state index contributed by atoms with van der Waals surface area (Å²) in [5.41, 5.74) is 4.79. The van der Waals surface area contributed by atoms with Gasteiger partial charge >= 0.3 is 0 Å². The van der Waals surface area contributed by atoms with Gasteiger partial charge < -0.3 is 0 Å². The van der Waals surface area contributed by atoms with E-state index in [1.165, 1.54) is 47.1 Å². The Bertz CT molecular complexity index is 1500. The first kappa shape index (κ1) is 21.5. The van der Waals surface area contributed by atoms with Crippen LogP contribution in [0.4, 0.5) is 0 Å². The summed E-state index contributed by atoms with van der Waals surface area (Å²) in [4.78, 5) is 9.57. The number of rotatable bonds is 3. The molecule has 2 heterocycles. The Balaban J connectivity index is 1.83. The van der Waals surface area contributed by atoms with Crippen LogP contribution in [0.15, 0.2) is 54.9 Å². The highest BCUT2D eigenvalue weighted by Crippen LogP contribution is 2.39. The number of aryl methyl sites for hydroxylation is 1. The van der Waals surface area contributed by atoms with Crippen molar-refractivity contribution in [2.24, 2.45) is 0 Å². The van der Waals surface area contributed by atoms with Crippen LogP contribution in [0.5, 0.6) is 0 Å². The molecule has 0 atom stereocenters. The Labute approximate surface area is 196 Å². The van der Waals surface area contributed by atoms with Gasteiger partial charge in [-0.15, -0.1) is 11.3 Å². The van der Waals surface area contributed by atoms with Crippen LogP contribution in [-0.2, 0) is 0 Å². The Morgan fingerprint density at radius 2 is 1.44 bits per heavy atom. The molecule has 2 aromatic heterocycles. The molecule has 0 radical (unpaired) electrons. The highest BCUT2D eigenvalue weighted by molar-refractivity contribution is 7.26. The minimum absolute atomic E-state index is 1.07. The molecule has 5 heteroatoms. The van der Waals surface area contributed by atoms with Crippen molar-refractivity contribution in [2.45, 2.75) is 46.2 Å². The second-order valence-corrected chi connectivity index (χ2v) is 22.0. The van der Waals surface area contributed by atoms with Crippen molar-refractivity contribution in [2.75, 3.05) is 0 Å². The maximum atomic E-state index is 4.83. The van der Waals surface area contributed by atoms with Crippen LogP contribution in [0.3, 0.4) is 0 Å². The van der Waals surface area contributed by atoms with Gasteiger partial charge in [0.05, 0.1) is 32.1 Å². The van der Waals surface area contributed by atoms with Gasteiger partial charge in [-0.25, -0.2) is 9.97 Å². The third-order valence-corrected chi connectivity index (χ3v) is 11.9. The molecule has 0 bridgehead atoms.